The third kappa shape index (κ3) is 5.43. The molecule has 0 spiro atoms. The molecule has 0 atom stereocenters. The Kier molecular flexibility index (Phi) is 9.05. The van der Waals surface area contributed by atoms with Gasteiger partial charge in [-0.15, -0.1) is 12.4 Å². The number of nitrogens with two attached hydrogens (primary N) is 1. The van der Waals surface area contributed by atoms with E-state index in [1.54, 1.807) is 0 Å². The molecule has 0 aliphatic carbocycles. The van der Waals surface area contributed by atoms with E-state index in [0.717, 1.165) is 11.3 Å². The van der Waals surface area contributed by atoms with Crippen LogP contribution in [0.15, 0.2) is 24.3 Å². The Labute approximate surface area is 161 Å². The van der Waals surface area contributed by atoms with Crippen LogP contribution in [0.2, 0.25) is 0 Å². The Hall–Kier alpha value is -1.63. The van der Waals surface area contributed by atoms with Gasteiger partial charge in [0, 0.05) is 25.3 Å². The van der Waals surface area contributed by atoms with Crippen LogP contribution < -0.4 is 11.1 Å². The number of anilines is 1. The van der Waals surface area contributed by atoms with E-state index in [9.17, 15) is 9.59 Å². The summed E-state index contributed by atoms with van der Waals surface area (Å²) in [5.41, 5.74) is 6.96. The molecule has 0 unspecified atom stereocenters. The molecule has 1 saturated heterocycles. The van der Waals surface area contributed by atoms with Crippen molar-refractivity contribution < 1.29 is 14.3 Å². The fraction of sp³-hybridized carbons (Fsp3) is 0.579. The summed E-state index contributed by atoms with van der Waals surface area (Å²) in [4.78, 5) is 26.6. The van der Waals surface area contributed by atoms with Crippen LogP contribution in [0.3, 0.4) is 0 Å². The number of carbonyl (C=O) groups excluding carboxylic acids is 2. The van der Waals surface area contributed by atoms with Gasteiger partial charge < -0.3 is 20.7 Å². The lowest BCUT2D eigenvalue weighted by atomic mass is 9.81. The van der Waals surface area contributed by atoms with E-state index in [0.29, 0.717) is 52.1 Å². The molecule has 26 heavy (non-hydrogen) atoms. The molecule has 7 heteroatoms. The van der Waals surface area contributed by atoms with Crippen molar-refractivity contribution in [3.63, 3.8) is 0 Å². The Morgan fingerprint density at radius 2 is 1.73 bits per heavy atom. The molecule has 3 N–H and O–H groups in total. The Balaban J connectivity index is 0.00000338. The predicted molar refractivity (Wildman–Crippen MR) is 105 cm³/mol. The highest BCUT2D eigenvalue weighted by Crippen LogP contribution is 2.27. The molecular weight excluding hydrogens is 354 g/mol. The number of benzene rings is 1. The van der Waals surface area contributed by atoms with Crippen molar-refractivity contribution >= 4 is 29.9 Å². The fourth-order valence-corrected chi connectivity index (χ4v) is 3.02. The van der Waals surface area contributed by atoms with Gasteiger partial charge in [0.1, 0.15) is 0 Å². The first-order chi connectivity index (χ1) is 12.0. The summed E-state index contributed by atoms with van der Waals surface area (Å²) in [7, 11) is 0. The number of carbonyl (C=O) groups is 2. The van der Waals surface area contributed by atoms with Crippen molar-refractivity contribution in [1.29, 1.82) is 0 Å². The first-order valence-corrected chi connectivity index (χ1v) is 9.00. The highest BCUT2D eigenvalue weighted by molar-refractivity contribution is 5.95. The van der Waals surface area contributed by atoms with E-state index in [-0.39, 0.29) is 24.2 Å². The summed E-state index contributed by atoms with van der Waals surface area (Å²) in [6.45, 7) is 6.82. The SMILES string of the molecule is CCC(CC)(CN)C(=O)Nc1ccc(CC(=O)N2CCOCC2)cc1.Cl. The van der Waals surface area contributed by atoms with Gasteiger partial charge in [-0.05, 0) is 30.5 Å². The van der Waals surface area contributed by atoms with Crippen LogP contribution in [0.1, 0.15) is 32.3 Å². The van der Waals surface area contributed by atoms with Gasteiger partial charge in [-0.1, -0.05) is 26.0 Å². The maximum atomic E-state index is 12.5. The molecule has 0 saturated carbocycles. The number of nitrogens with zero attached hydrogens (tertiary/aromatic N) is 1. The first-order valence-electron chi connectivity index (χ1n) is 9.00. The molecule has 146 valence electrons. The highest BCUT2D eigenvalue weighted by atomic mass is 35.5. The van der Waals surface area contributed by atoms with Crippen molar-refractivity contribution in [1.82, 2.24) is 4.90 Å². The lowest BCUT2D eigenvalue weighted by Crippen LogP contribution is -2.41. The molecule has 1 fully saturated rings. The zero-order chi connectivity index (χ0) is 18.3. The Morgan fingerprint density at radius 3 is 2.23 bits per heavy atom. The minimum absolute atomic E-state index is 0. The third-order valence-electron chi connectivity index (χ3n) is 5.16. The number of morpholine rings is 1. The first kappa shape index (κ1) is 22.4. The molecule has 1 aliphatic rings. The largest absolute Gasteiger partial charge is 0.378 e. The van der Waals surface area contributed by atoms with E-state index in [1.807, 2.05) is 43.0 Å². The molecular formula is C19H30ClN3O3. The molecule has 1 aromatic rings. The van der Waals surface area contributed by atoms with E-state index >= 15 is 0 Å². The van der Waals surface area contributed by atoms with E-state index in [2.05, 4.69) is 5.32 Å². The predicted octanol–water partition coefficient (Wildman–Crippen LogP) is 2.21. The number of hydrogen-bond acceptors (Lipinski definition) is 4. The maximum Gasteiger partial charge on any atom is 0.231 e. The molecule has 0 bridgehead atoms. The van der Waals surface area contributed by atoms with E-state index in [1.165, 1.54) is 0 Å². The fourth-order valence-electron chi connectivity index (χ4n) is 3.02. The number of rotatable bonds is 7. The summed E-state index contributed by atoms with van der Waals surface area (Å²) in [5.74, 6) is 0.0661. The lowest BCUT2D eigenvalue weighted by Gasteiger charge is -2.28. The number of hydrogen-bond donors (Lipinski definition) is 2. The van der Waals surface area contributed by atoms with Crippen LogP contribution in [-0.4, -0.2) is 49.6 Å². The molecule has 2 amide bonds. The summed E-state index contributed by atoms with van der Waals surface area (Å²) in [5, 5.41) is 2.95. The molecule has 1 aromatic carbocycles. The van der Waals surface area contributed by atoms with Crippen molar-refractivity contribution in [2.75, 3.05) is 38.2 Å². The standard InChI is InChI=1S/C19H29N3O3.ClH/c1-3-19(4-2,14-20)18(24)21-16-7-5-15(6-8-16)13-17(23)22-9-11-25-12-10-22;/h5-8H,3-4,9-14,20H2,1-2H3,(H,21,24);1H. The van der Waals surface area contributed by atoms with Gasteiger partial charge >= 0.3 is 0 Å². The van der Waals surface area contributed by atoms with E-state index in [4.69, 9.17) is 10.5 Å². The monoisotopic (exact) mass is 383 g/mol. The molecule has 1 aliphatic heterocycles. The minimum Gasteiger partial charge on any atom is -0.378 e. The normalized spacial score (nSPS) is 14.5. The quantitative estimate of drug-likeness (QED) is 0.756. The van der Waals surface area contributed by atoms with Crippen LogP contribution in [0, 0.1) is 5.41 Å². The van der Waals surface area contributed by atoms with Crippen LogP contribution >= 0.6 is 12.4 Å². The van der Waals surface area contributed by atoms with Crippen molar-refractivity contribution in [3.05, 3.63) is 29.8 Å². The Morgan fingerprint density at radius 1 is 1.15 bits per heavy atom. The molecule has 1 heterocycles. The van der Waals surface area contributed by atoms with Crippen LogP contribution in [-0.2, 0) is 20.7 Å². The van der Waals surface area contributed by atoms with Gasteiger partial charge in [-0.2, -0.15) is 0 Å². The number of amides is 2. The van der Waals surface area contributed by atoms with Gasteiger partial charge in [0.15, 0.2) is 0 Å². The Bertz CT molecular complexity index is 574. The zero-order valence-corrected chi connectivity index (χ0v) is 16.4. The van der Waals surface area contributed by atoms with Gasteiger partial charge in [0.05, 0.1) is 25.0 Å². The molecule has 0 radical (unpaired) electrons. The topological polar surface area (TPSA) is 84.7 Å². The van der Waals surface area contributed by atoms with Crippen LogP contribution in [0.4, 0.5) is 5.69 Å². The summed E-state index contributed by atoms with van der Waals surface area (Å²) in [6, 6.07) is 7.45. The summed E-state index contributed by atoms with van der Waals surface area (Å²) >= 11 is 0. The minimum atomic E-state index is -0.523. The second-order valence-electron chi connectivity index (χ2n) is 6.51. The average molecular weight is 384 g/mol. The summed E-state index contributed by atoms with van der Waals surface area (Å²) in [6.07, 6.45) is 1.78. The zero-order valence-electron chi connectivity index (χ0n) is 15.6. The lowest BCUT2D eigenvalue weighted by molar-refractivity contribution is -0.134. The summed E-state index contributed by atoms with van der Waals surface area (Å²) < 4.78 is 5.26. The molecule has 0 aromatic heterocycles. The highest BCUT2D eigenvalue weighted by Gasteiger charge is 2.33. The maximum absolute atomic E-state index is 12.5. The van der Waals surface area contributed by atoms with E-state index < -0.39 is 5.41 Å². The van der Waals surface area contributed by atoms with Crippen LogP contribution in [0.5, 0.6) is 0 Å². The number of ether oxygens (including phenoxy) is 1. The molecule has 6 nitrogen and oxygen atoms in total. The number of nitrogens with one attached hydrogen (secondary N) is 1. The third-order valence-corrected chi connectivity index (χ3v) is 5.16. The van der Waals surface area contributed by atoms with Gasteiger partial charge in [0.25, 0.3) is 0 Å². The smallest absolute Gasteiger partial charge is 0.231 e. The molecule has 2 rings (SSSR count). The average Bonchev–Trinajstić information content (AvgIpc) is 2.66. The van der Waals surface area contributed by atoms with Crippen molar-refractivity contribution in [2.24, 2.45) is 11.1 Å². The second kappa shape index (κ2) is 10.5. The number of halogens is 1. The van der Waals surface area contributed by atoms with Crippen molar-refractivity contribution in [2.45, 2.75) is 33.1 Å². The van der Waals surface area contributed by atoms with Crippen molar-refractivity contribution in [3.8, 4) is 0 Å². The van der Waals surface area contributed by atoms with Crippen LogP contribution in [0.25, 0.3) is 0 Å². The van der Waals surface area contributed by atoms with Gasteiger partial charge in [-0.25, -0.2) is 0 Å². The van der Waals surface area contributed by atoms with Gasteiger partial charge in [-0.3, -0.25) is 9.59 Å². The second-order valence-corrected chi connectivity index (χ2v) is 6.51. The van der Waals surface area contributed by atoms with Gasteiger partial charge in [0.2, 0.25) is 11.8 Å².